The number of hydrogen-bond acceptors (Lipinski definition) is 3. The lowest BCUT2D eigenvalue weighted by molar-refractivity contribution is -0.120. The molecule has 0 atom stereocenters. The minimum absolute atomic E-state index is 0.0370. The molecule has 1 aliphatic heterocycles. The average Bonchev–Trinajstić information content (AvgIpc) is 2.93. The number of nitrogens with one attached hydrogen (secondary N) is 1. The molecule has 138 valence electrons. The molecular weight excluding hydrogens is 362 g/mol. The molecule has 0 aromatic heterocycles. The monoisotopic (exact) mass is 376 g/mol. The number of amides is 2. The molecule has 3 aromatic rings. The van der Waals surface area contributed by atoms with Crippen molar-refractivity contribution in [3.8, 4) is 0 Å². The van der Waals surface area contributed by atoms with Crippen molar-refractivity contribution in [2.24, 2.45) is 0 Å². The van der Waals surface area contributed by atoms with Crippen LogP contribution in [-0.2, 0) is 9.59 Å². The molecule has 4 rings (SSSR count). The van der Waals surface area contributed by atoms with Crippen LogP contribution in [0.3, 0.4) is 0 Å². The summed E-state index contributed by atoms with van der Waals surface area (Å²) in [6.45, 7) is 0. The zero-order valence-corrected chi connectivity index (χ0v) is 14.5. The standard InChI is InChI=1S/C22H14F2N2O2/c23-15-9-6-10-16(13-15)25-20-19(14-7-2-1-3-8-14)21(27)26(22(20)28)18-12-5-4-11-17(18)24/h1-13,25H. The fourth-order valence-electron chi connectivity index (χ4n) is 3.08. The Morgan fingerprint density at radius 3 is 2.18 bits per heavy atom. The number of nitrogens with zero attached hydrogens (tertiary/aromatic N) is 1. The van der Waals surface area contributed by atoms with Crippen molar-refractivity contribution in [1.82, 2.24) is 0 Å². The predicted octanol–water partition coefficient (Wildman–Crippen LogP) is 4.36. The molecule has 4 nitrogen and oxygen atoms in total. The van der Waals surface area contributed by atoms with Crippen LogP contribution >= 0.6 is 0 Å². The van der Waals surface area contributed by atoms with Crippen LogP contribution in [0.15, 0.2) is 84.6 Å². The molecule has 2 amide bonds. The fraction of sp³-hybridized carbons (Fsp3) is 0. The number of hydrogen-bond donors (Lipinski definition) is 1. The van der Waals surface area contributed by atoms with Gasteiger partial charge in [0, 0.05) is 5.69 Å². The van der Waals surface area contributed by atoms with Gasteiger partial charge in [-0.05, 0) is 35.9 Å². The largest absolute Gasteiger partial charge is 0.350 e. The van der Waals surface area contributed by atoms with Gasteiger partial charge in [-0.15, -0.1) is 0 Å². The summed E-state index contributed by atoms with van der Waals surface area (Å²) in [6.07, 6.45) is 0. The van der Waals surface area contributed by atoms with Gasteiger partial charge in [0.15, 0.2) is 0 Å². The number of para-hydroxylation sites is 1. The molecule has 0 fully saturated rings. The van der Waals surface area contributed by atoms with Gasteiger partial charge in [-0.25, -0.2) is 13.7 Å². The zero-order valence-electron chi connectivity index (χ0n) is 14.5. The van der Waals surface area contributed by atoms with Crippen LogP contribution in [0.2, 0.25) is 0 Å². The van der Waals surface area contributed by atoms with E-state index >= 15 is 0 Å². The molecule has 1 N–H and O–H groups in total. The van der Waals surface area contributed by atoms with Crippen LogP contribution in [0.5, 0.6) is 0 Å². The molecule has 0 unspecified atom stereocenters. The smallest absolute Gasteiger partial charge is 0.282 e. The molecule has 3 aromatic carbocycles. The highest BCUT2D eigenvalue weighted by atomic mass is 19.1. The molecule has 28 heavy (non-hydrogen) atoms. The highest BCUT2D eigenvalue weighted by Crippen LogP contribution is 2.34. The van der Waals surface area contributed by atoms with Crippen molar-refractivity contribution in [3.05, 3.63) is 102 Å². The van der Waals surface area contributed by atoms with Crippen molar-refractivity contribution < 1.29 is 18.4 Å². The van der Waals surface area contributed by atoms with E-state index in [-0.39, 0.29) is 17.0 Å². The Kier molecular flexibility index (Phi) is 4.45. The van der Waals surface area contributed by atoms with Crippen molar-refractivity contribution in [2.75, 3.05) is 10.2 Å². The third-order valence-electron chi connectivity index (χ3n) is 4.33. The van der Waals surface area contributed by atoms with E-state index in [1.165, 1.54) is 36.4 Å². The Bertz CT molecular complexity index is 1110. The lowest BCUT2D eigenvalue weighted by Crippen LogP contribution is -2.33. The highest BCUT2D eigenvalue weighted by Gasteiger charge is 2.41. The van der Waals surface area contributed by atoms with Crippen LogP contribution in [0.25, 0.3) is 5.57 Å². The molecule has 1 aliphatic rings. The molecule has 6 heteroatoms. The van der Waals surface area contributed by atoms with E-state index in [4.69, 9.17) is 0 Å². The van der Waals surface area contributed by atoms with E-state index in [2.05, 4.69) is 5.32 Å². The first-order valence-electron chi connectivity index (χ1n) is 8.52. The van der Waals surface area contributed by atoms with Crippen molar-refractivity contribution >= 4 is 28.8 Å². The second kappa shape index (κ2) is 7.08. The van der Waals surface area contributed by atoms with E-state index in [1.54, 1.807) is 42.5 Å². The van der Waals surface area contributed by atoms with Crippen LogP contribution in [0, 0.1) is 11.6 Å². The summed E-state index contributed by atoms with van der Waals surface area (Å²) in [7, 11) is 0. The van der Waals surface area contributed by atoms with E-state index in [0.717, 1.165) is 4.90 Å². The molecule has 0 bridgehead atoms. The van der Waals surface area contributed by atoms with Gasteiger partial charge in [0.1, 0.15) is 17.3 Å². The van der Waals surface area contributed by atoms with Crippen molar-refractivity contribution in [1.29, 1.82) is 0 Å². The molecule has 1 heterocycles. The second-order valence-corrected chi connectivity index (χ2v) is 6.15. The average molecular weight is 376 g/mol. The zero-order chi connectivity index (χ0) is 19.7. The normalized spacial score (nSPS) is 14.0. The van der Waals surface area contributed by atoms with Crippen LogP contribution in [0.4, 0.5) is 20.2 Å². The fourth-order valence-corrected chi connectivity index (χ4v) is 3.08. The Labute approximate surface area is 159 Å². The predicted molar refractivity (Wildman–Crippen MR) is 102 cm³/mol. The first kappa shape index (κ1) is 17.6. The third-order valence-corrected chi connectivity index (χ3v) is 4.33. The van der Waals surface area contributed by atoms with Gasteiger partial charge in [0.25, 0.3) is 11.8 Å². The van der Waals surface area contributed by atoms with E-state index in [1.807, 2.05) is 0 Å². The summed E-state index contributed by atoms with van der Waals surface area (Å²) in [5.41, 5.74) is 0.726. The molecule has 0 aliphatic carbocycles. The van der Waals surface area contributed by atoms with E-state index in [9.17, 15) is 18.4 Å². The van der Waals surface area contributed by atoms with E-state index < -0.39 is 23.4 Å². The quantitative estimate of drug-likeness (QED) is 0.689. The first-order chi connectivity index (χ1) is 13.6. The van der Waals surface area contributed by atoms with Crippen molar-refractivity contribution in [3.63, 3.8) is 0 Å². The molecule has 0 spiro atoms. The number of halogens is 2. The number of benzene rings is 3. The van der Waals surface area contributed by atoms with Crippen molar-refractivity contribution in [2.45, 2.75) is 0 Å². The Morgan fingerprint density at radius 1 is 0.750 bits per heavy atom. The number of carbonyl (C=O) groups is 2. The molecular formula is C22H14F2N2O2. The summed E-state index contributed by atoms with van der Waals surface area (Å²) >= 11 is 0. The SMILES string of the molecule is O=C1C(Nc2cccc(F)c2)=C(c2ccccc2)C(=O)N1c1ccccc1F. The van der Waals surface area contributed by atoms with Gasteiger partial charge in [0.05, 0.1) is 11.3 Å². The third kappa shape index (κ3) is 3.05. The minimum atomic E-state index is -0.710. The maximum atomic E-state index is 14.3. The topological polar surface area (TPSA) is 49.4 Å². The number of carbonyl (C=O) groups excluding carboxylic acids is 2. The highest BCUT2D eigenvalue weighted by molar-refractivity contribution is 6.46. The molecule has 0 saturated carbocycles. The molecule has 0 radical (unpaired) electrons. The second-order valence-electron chi connectivity index (χ2n) is 6.15. The number of rotatable bonds is 4. The summed E-state index contributed by atoms with van der Waals surface area (Å²) in [5.74, 6) is -2.54. The molecule has 0 saturated heterocycles. The maximum Gasteiger partial charge on any atom is 0.282 e. The minimum Gasteiger partial charge on any atom is -0.350 e. The van der Waals surface area contributed by atoms with E-state index in [0.29, 0.717) is 11.3 Å². The summed E-state index contributed by atoms with van der Waals surface area (Å²) in [4.78, 5) is 27.0. The van der Waals surface area contributed by atoms with Gasteiger partial charge < -0.3 is 5.32 Å². The summed E-state index contributed by atoms with van der Waals surface area (Å²) < 4.78 is 27.9. The van der Waals surface area contributed by atoms with Gasteiger partial charge in [-0.1, -0.05) is 48.5 Å². The van der Waals surface area contributed by atoms with Gasteiger partial charge in [-0.2, -0.15) is 0 Å². The van der Waals surface area contributed by atoms with Gasteiger partial charge in [0.2, 0.25) is 0 Å². The maximum absolute atomic E-state index is 14.3. The lowest BCUT2D eigenvalue weighted by Gasteiger charge is -2.16. The first-order valence-corrected chi connectivity index (χ1v) is 8.52. The Morgan fingerprint density at radius 2 is 1.46 bits per heavy atom. The number of anilines is 2. The van der Waals surface area contributed by atoms with Crippen LogP contribution < -0.4 is 10.2 Å². The summed E-state index contributed by atoms with van der Waals surface area (Å²) in [5, 5.41) is 2.83. The Hall–Kier alpha value is -3.80. The summed E-state index contributed by atoms with van der Waals surface area (Å²) in [6, 6.07) is 19.7. The van der Waals surface area contributed by atoms with Crippen LogP contribution in [-0.4, -0.2) is 11.8 Å². The van der Waals surface area contributed by atoms with Crippen LogP contribution in [0.1, 0.15) is 5.56 Å². The number of imide groups is 1. The van der Waals surface area contributed by atoms with Gasteiger partial charge >= 0.3 is 0 Å². The van der Waals surface area contributed by atoms with Gasteiger partial charge in [-0.3, -0.25) is 9.59 Å². The lowest BCUT2D eigenvalue weighted by atomic mass is 10.0. The Balaban J connectivity index is 1.84.